The van der Waals surface area contributed by atoms with E-state index in [0.29, 0.717) is 0 Å². The number of nitrogens with one attached hydrogen (secondary N) is 1. The minimum Gasteiger partial charge on any atom is -0.380 e. The van der Waals surface area contributed by atoms with Gasteiger partial charge in [0.25, 0.3) is 0 Å². The average molecular weight is 228 g/mol. The highest BCUT2D eigenvalue weighted by Gasteiger charge is 2.13. The van der Waals surface area contributed by atoms with Gasteiger partial charge in [-0.1, -0.05) is 6.92 Å². The molecular formula is C13H28N2O. The Kier molecular flexibility index (Phi) is 7.81. The molecule has 3 heteroatoms. The van der Waals surface area contributed by atoms with Crippen molar-refractivity contribution in [2.24, 2.45) is 5.92 Å². The molecule has 0 radical (unpaired) electrons. The lowest BCUT2D eigenvalue weighted by molar-refractivity contribution is 0.112. The van der Waals surface area contributed by atoms with Gasteiger partial charge in [0.1, 0.15) is 0 Å². The van der Waals surface area contributed by atoms with E-state index in [0.717, 1.165) is 32.2 Å². The Morgan fingerprint density at radius 2 is 2.19 bits per heavy atom. The van der Waals surface area contributed by atoms with Crippen molar-refractivity contribution in [3.8, 4) is 0 Å². The summed E-state index contributed by atoms with van der Waals surface area (Å²) in [6.07, 6.45) is 4.11. The van der Waals surface area contributed by atoms with Gasteiger partial charge in [-0.25, -0.2) is 0 Å². The summed E-state index contributed by atoms with van der Waals surface area (Å²) in [5, 5.41) is 3.49. The molecule has 1 rings (SSSR count). The smallest absolute Gasteiger partial charge is 0.0593 e. The predicted molar refractivity (Wildman–Crippen MR) is 68.8 cm³/mol. The first-order chi connectivity index (χ1) is 7.86. The first kappa shape index (κ1) is 13.9. The highest BCUT2D eigenvalue weighted by Crippen LogP contribution is 2.14. The Hall–Kier alpha value is -0.120. The third-order valence-corrected chi connectivity index (χ3v) is 3.46. The fourth-order valence-corrected chi connectivity index (χ4v) is 2.30. The summed E-state index contributed by atoms with van der Waals surface area (Å²) in [6, 6.07) is 0. The minimum absolute atomic E-state index is 0.837. The molecule has 0 spiro atoms. The van der Waals surface area contributed by atoms with Gasteiger partial charge in [0, 0.05) is 13.2 Å². The number of hydrogen-bond donors (Lipinski definition) is 1. The standard InChI is InChI=1S/C13H28N2O/c1-3-15(10-11-16-4-2)9-7-13-6-5-8-14-12-13/h13-14H,3-12H2,1-2H3. The van der Waals surface area contributed by atoms with Crippen molar-refractivity contribution in [2.45, 2.75) is 33.1 Å². The van der Waals surface area contributed by atoms with Crippen molar-refractivity contribution < 1.29 is 4.74 Å². The van der Waals surface area contributed by atoms with Crippen LogP contribution in [0.25, 0.3) is 0 Å². The molecule has 1 atom stereocenters. The average Bonchev–Trinajstić information content (AvgIpc) is 2.35. The van der Waals surface area contributed by atoms with Gasteiger partial charge < -0.3 is 15.0 Å². The topological polar surface area (TPSA) is 24.5 Å². The summed E-state index contributed by atoms with van der Waals surface area (Å²) < 4.78 is 5.40. The molecular weight excluding hydrogens is 200 g/mol. The second-order valence-electron chi connectivity index (χ2n) is 4.63. The molecule has 0 saturated carbocycles. The molecule has 0 aromatic carbocycles. The number of likely N-dealkylation sites (N-methyl/N-ethyl adjacent to an activating group) is 1. The van der Waals surface area contributed by atoms with Crippen LogP contribution in [0.5, 0.6) is 0 Å². The van der Waals surface area contributed by atoms with Crippen molar-refractivity contribution in [3.05, 3.63) is 0 Å². The summed E-state index contributed by atoms with van der Waals surface area (Å²) in [4.78, 5) is 2.50. The Balaban J connectivity index is 2.07. The predicted octanol–water partition coefficient (Wildman–Crippen LogP) is 1.73. The van der Waals surface area contributed by atoms with Gasteiger partial charge in [0.15, 0.2) is 0 Å². The number of ether oxygens (including phenoxy) is 1. The Labute approximate surface area is 101 Å². The molecule has 1 aliphatic rings. The van der Waals surface area contributed by atoms with E-state index in [9.17, 15) is 0 Å². The Morgan fingerprint density at radius 1 is 1.31 bits per heavy atom. The maximum atomic E-state index is 5.40. The van der Waals surface area contributed by atoms with Gasteiger partial charge in [-0.3, -0.25) is 0 Å². The van der Waals surface area contributed by atoms with E-state index in [-0.39, 0.29) is 0 Å². The molecule has 3 nitrogen and oxygen atoms in total. The molecule has 1 unspecified atom stereocenters. The van der Waals surface area contributed by atoms with Gasteiger partial charge in [0.2, 0.25) is 0 Å². The molecule has 16 heavy (non-hydrogen) atoms. The van der Waals surface area contributed by atoms with E-state index in [1.54, 1.807) is 0 Å². The van der Waals surface area contributed by atoms with Crippen LogP contribution in [-0.4, -0.2) is 50.8 Å². The van der Waals surface area contributed by atoms with Gasteiger partial charge in [-0.15, -0.1) is 0 Å². The highest BCUT2D eigenvalue weighted by atomic mass is 16.5. The van der Waals surface area contributed by atoms with Crippen LogP contribution in [0.4, 0.5) is 0 Å². The van der Waals surface area contributed by atoms with Crippen LogP contribution >= 0.6 is 0 Å². The van der Waals surface area contributed by atoms with Crippen LogP contribution in [0, 0.1) is 5.92 Å². The lowest BCUT2D eigenvalue weighted by Gasteiger charge is -2.26. The molecule has 96 valence electrons. The number of nitrogens with zero attached hydrogens (tertiary/aromatic N) is 1. The normalized spacial score (nSPS) is 21.6. The van der Waals surface area contributed by atoms with E-state index in [1.165, 1.54) is 38.9 Å². The summed E-state index contributed by atoms with van der Waals surface area (Å²) in [5.74, 6) is 0.898. The molecule has 1 heterocycles. The van der Waals surface area contributed by atoms with Crippen molar-refractivity contribution in [2.75, 3.05) is 45.9 Å². The zero-order chi connectivity index (χ0) is 11.6. The van der Waals surface area contributed by atoms with E-state index < -0.39 is 0 Å². The van der Waals surface area contributed by atoms with Crippen LogP contribution in [0.1, 0.15) is 33.1 Å². The molecule has 1 N–H and O–H groups in total. The first-order valence-corrected chi connectivity index (χ1v) is 6.87. The van der Waals surface area contributed by atoms with E-state index in [1.807, 2.05) is 0 Å². The van der Waals surface area contributed by atoms with Gasteiger partial charge >= 0.3 is 0 Å². The zero-order valence-corrected chi connectivity index (χ0v) is 11.0. The fourth-order valence-electron chi connectivity index (χ4n) is 2.30. The number of hydrogen-bond acceptors (Lipinski definition) is 3. The maximum Gasteiger partial charge on any atom is 0.0593 e. The van der Waals surface area contributed by atoms with Crippen LogP contribution in [0.15, 0.2) is 0 Å². The van der Waals surface area contributed by atoms with Gasteiger partial charge in [-0.05, 0) is 58.3 Å². The van der Waals surface area contributed by atoms with Crippen molar-refractivity contribution in [3.63, 3.8) is 0 Å². The van der Waals surface area contributed by atoms with Crippen molar-refractivity contribution in [1.29, 1.82) is 0 Å². The quantitative estimate of drug-likeness (QED) is 0.640. The third-order valence-electron chi connectivity index (χ3n) is 3.46. The largest absolute Gasteiger partial charge is 0.380 e. The summed E-state index contributed by atoms with van der Waals surface area (Å²) in [7, 11) is 0. The van der Waals surface area contributed by atoms with Crippen LogP contribution in [0.2, 0.25) is 0 Å². The molecule has 0 aromatic rings. The maximum absolute atomic E-state index is 5.40. The van der Waals surface area contributed by atoms with Crippen LogP contribution < -0.4 is 5.32 Å². The molecule has 1 fully saturated rings. The fraction of sp³-hybridized carbons (Fsp3) is 1.00. The SMILES string of the molecule is CCOCCN(CC)CCC1CCCNC1. The van der Waals surface area contributed by atoms with Crippen LogP contribution in [-0.2, 0) is 4.74 Å². The lowest BCUT2D eigenvalue weighted by atomic mass is 9.96. The summed E-state index contributed by atoms with van der Waals surface area (Å²) >= 11 is 0. The van der Waals surface area contributed by atoms with Crippen LogP contribution in [0.3, 0.4) is 0 Å². The molecule has 1 saturated heterocycles. The molecule has 0 aromatic heterocycles. The van der Waals surface area contributed by atoms with Crippen molar-refractivity contribution in [1.82, 2.24) is 10.2 Å². The van der Waals surface area contributed by atoms with Crippen molar-refractivity contribution >= 4 is 0 Å². The summed E-state index contributed by atoms with van der Waals surface area (Å²) in [5.41, 5.74) is 0. The molecule has 0 bridgehead atoms. The summed E-state index contributed by atoms with van der Waals surface area (Å²) in [6.45, 7) is 11.9. The van der Waals surface area contributed by atoms with Gasteiger partial charge in [-0.2, -0.15) is 0 Å². The monoisotopic (exact) mass is 228 g/mol. The molecule has 0 aliphatic carbocycles. The number of rotatable bonds is 8. The van der Waals surface area contributed by atoms with E-state index in [2.05, 4.69) is 24.1 Å². The molecule has 0 amide bonds. The Morgan fingerprint density at radius 3 is 2.81 bits per heavy atom. The zero-order valence-electron chi connectivity index (χ0n) is 11.0. The van der Waals surface area contributed by atoms with E-state index in [4.69, 9.17) is 4.74 Å². The highest BCUT2D eigenvalue weighted by molar-refractivity contribution is 4.70. The van der Waals surface area contributed by atoms with Gasteiger partial charge in [0.05, 0.1) is 6.61 Å². The second kappa shape index (κ2) is 8.97. The first-order valence-electron chi connectivity index (χ1n) is 6.87. The lowest BCUT2D eigenvalue weighted by Crippen LogP contribution is -2.34. The molecule has 1 aliphatic heterocycles. The minimum atomic E-state index is 0.837. The second-order valence-corrected chi connectivity index (χ2v) is 4.63. The third kappa shape index (κ3) is 5.83. The Bertz CT molecular complexity index is 158. The number of piperidine rings is 1. The van der Waals surface area contributed by atoms with E-state index >= 15 is 0 Å².